The second-order valence-electron chi connectivity index (χ2n) is 9.60. The molecule has 10 nitrogen and oxygen atoms in total. The predicted molar refractivity (Wildman–Crippen MR) is 153 cm³/mol. The van der Waals surface area contributed by atoms with E-state index >= 15 is 0 Å². The van der Waals surface area contributed by atoms with E-state index in [1.54, 1.807) is 0 Å². The summed E-state index contributed by atoms with van der Waals surface area (Å²) in [6.07, 6.45) is 1.82. The molecule has 0 unspecified atom stereocenters. The molecular formula is C31H28N4O6. The van der Waals surface area contributed by atoms with Crippen LogP contribution in [0.15, 0.2) is 72.3 Å². The summed E-state index contributed by atoms with van der Waals surface area (Å²) in [6, 6.07) is 21.4. The SMILES string of the molecule is COC(=O)[C@@H]1Cc2c([nH]c3ccccc23)[C@@H](c2ccccc2)N1C/C(C#N)=C/c1cc(OC)c(OC)cc1[N+](=O)[O-]. The fourth-order valence-electron chi connectivity index (χ4n) is 5.54. The van der Waals surface area contributed by atoms with Crippen LogP contribution in [0.4, 0.5) is 5.69 Å². The first-order chi connectivity index (χ1) is 19.9. The first-order valence-corrected chi connectivity index (χ1v) is 12.9. The molecule has 5 rings (SSSR count). The van der Waals surface area contributed by atoms with Gasteiger partial charge >= 0.3 is 5.97 Å². The second-order valence-corrected chi connectivity index (χ2v) is 9.60. The number of carbonyl (C=O) groups is 1. The summed E-state index contributed by atoms with van der Waals surface area (Å²) in [5, 5.41) is 23.2. The highest BCUT2D eigenvalue weighted by Gasteiger charge is 2.41. The number of nitro groups is 1. The summed E-state index contributed by atoms with van der Waals surface area (Å²) >= 11 is 0. The number of esters is 1. The van der Waals surface area contributed by atoms with Gasteiger partial charge in [-0.15, -0.1) is 0 Å². The molecule has 1 aliphatic heterocycles. The van der Waals surface area contributed by atoms with E-state index < -0.39 is 23.0 Å². The monoisotopic (exact) mass is 552 g/mol. The van der Waals surface area contributed by atoms with Crippen LogP contribution in [0.3, 0.4) is 0 Å². The number of hydrogen-bond donors (Lipinski definition) is 1. The first kappa shape index (κ1) is 27.4. The van der Waals surface area contributed by atoms with Gasteiger partial charge in [-0.3, -0.25) is 19.8 Å². The van der Waals surface area contributed by atoms with Gasteiger partial charge in [0.2, 0.25) is 0 Å². The normalized spacial score (nSPS) is 17.0. The number of rotatable bonds is 8. The molecule has 0 saturated heterocycles. The van der Waals surface area contributed by atoms with Crippen molar-refractivity contribution in [3.8, 4) is 17.6 Å². The van der Waals surface area contributed by atoms with Crippen LogP contribution in [-0.4, -0.2) is 54.7 Å². The van der Waals surface area contributed by atoms with E-state index in [0.717, 1.165) is 27.7 Å². The van der Waals surface area contributed by atoms with Crippen LogP contribution in [-0.2, 0) is 16.0 Å². The Balaban J connectivity index is 1.67. The highest BCUT2D eigenvalue weighted by atomic mass is 16.6. The molecule has 0 aliphatic carbocycles. The minimum Gasteiger partial charge on any atom is -0.493 e. The van der Waals surface area contributed by atoms with Crippen molar-refractivity contribution in [1.29, 1.82) is 5.26 Å². The van der Waals surface area contributed by atoms with E-state index in [9.17, 15) is 20.2 Å². The number of carbonyl (C=O) groups excluding carboxylic acids is 1. The molecule has 0 saturated carbocycles. The third kappa shape index (κ3) is 5.11. The summed E-state index contributed by atoms with van der Waals surface area (Å²) in [4.78, 5) is 30.1. The third-order valence-corrected chi connectivity index (χ3v) is 7.39. The molecule has 0 fully saturated rings. The number of ether oxygens (including phenoxy) is 3. The number of nitrogens with zero attached hydrogens (tertiary/aromatic N) is 3. The fraction of sp³-hybridized carbons (Fsp3) is 0.226. The summed E-state index contributed by atoms with van der Waals surface area (Å²) in [7, 11) is 4.17. The number of aromatic nitrogens is 1. The molecule has 1 aliphatic rings. The molecule has 10 heteroatoms. The van der Waals surface area contributed by atoms with Crippen molar-refractivity contribution in [2.45, 2.75) is 18.5 Å². The molecule has 3 aromatic carbocycles. The average molecular weight is 553 g/mol. The van der Waals surface area contributed by atoms with Crippen LogP contribution >= 0.6 is 0 Å². The van der Waals surface area contributed by atoms with Gasteiger partial charge in [0.1, 0.15) is 6.04 Å². The van der Waals surface area contributed by atoms with Gasteiger partial charge in [0.25, 0.3) is 5.69 Å². The summed E-state index contributed by atoms with van der Waals surface area (Å²) < 4.78 is 15.8. The number of aromatic amines is 1. The highest BCUT2D eigenvalue weighted by molar-refractivity contribution is 5.87. The highest BCUT2D eigenvalue weighted by Crippen LogP contribution is 2.42. The van der Waals surface area contributed by atoms with Gasteiger partial charge in [-0.1, -0.05) is 48.5 Å². The van der Waals surface area contributed by atoms with Crippen molar-refractivity contribution in [3.63, 3.8) is 0 Å². The number of H-pyrrole nitrogens is 1. The number of fused-ring (bicyclic) bond motifs is 3. The zero-order valence-electron chi connectivity index (χ0n) is 22.8. The Morgan fingerprint density at radius 3 is 2.44 bits per heavy atom. The molecule has 2 heterocycles. The van der Waals surface area contributed by atoms with E-state index in [1.807, 2.05) is 59.5 Å². The zero-order chi connectivity index (χ0) is 29.1. The van der Waals surface area contributed by atoms with Crippen LogP contribution in [0.25, 0.3) is 17.0 Å². The van der Waals surface area contributed by atoms with E-state index in [4.69, 9.17) is 14.2 Å². The van der Waals surface area contributed by atoms with Gasteiger partial charge in [0, 0.05) is 35.1 Å². The van der Waals surface area contributed by atoms with Gasteiger partial charge in [-0.25, -0.2) is 0 Å². The molecule has 0 radical (unpaired) electrons. The van der Waals surface area contributed by atoms with Crippen LogP contribution < -0.4 is 9.47 Å². The van der Waals surface area contributed by atoms with E-state index in [0.29, 0.717) is 6.42 Å². The van der Waals surface area contributed by atoms with E-state index in [1.165, 1.54) is 39.5 Å². The lowest BCUT2D eigenvalue weighted by Crippen LogP contribution is -2.49. The largest absolute Gasteiger partial charge is 0.493 e. The number of nitro benzene ring substituents is 1. The number of nitrogens with one attached hydrogen (secondary N) is 1. The maximum absolute atomic E-state index is 13.3. The second kappa shape index (κ2) is 11.5. The number of benzene rings is 3. The van der Waals surface area contributed by atoms with Crippen molar-refractivity contribution in [3.05, 3.63) is 105 Å². The third-order valence-electron chi connectivity index (χ3n) is 7.39. The van der Waals surface area contributed by atoms with Gasteiger partial charge < -0.3 is 19.2 Å². The van der Waals surface area contributed by atoms with Crippen molar-refractivity contribution in [1.82, 2.24) is 9.88 Å². The van der Waals surface area contributed by atoms with E-state index in [2.05, 4.69) is 11.1 Å². The van der Waals surface area contributed by atoms with Crippen molar-refractivity contribution in [2.24, 2.45) is 0 Å². The fourth-order valence-corrected chi connectivity index (χ4v) is 5.54. The number of methoxy groups -OCH3 is 3. The first-order valence-electron chi connectivity index (χ1n) is 12.9. The zero-order valence-corrected chi connectivity index (χ0v) is 22.8. The van der Waals surface area contributed by atoms with Crippen LogP contribution in [0, 0.1) is 21.4 Å². The molecular weight excluding hydrogens is 524 g/mol. The topological polar surface area (TPSA) is 131 Å². The molecule has 1 aromatic heterocycles. The summed E-state index contributed by atoms with van der Waals surface area (Å²) in [6.45, 7) is 0.0239. The molecule has 41 heavy (non-hydrogen) atoms. The molecule has 208 valence electrons. The van der Waals surface area contributed by atoms with Crippen molar-refractivity contribution >= 4 is 28.6 Å². The molecule has 0 amide bonds. The maximum atomic E-state index is 13.3. The van der Waals surface area contributed by atoms with Crippen LogP contribution in [0.5, 0.6) is 11.5 Å². The molecule has 1 N–H and O–H groups in total. The molecule has 0 spiro atoms. The lowest BCUT2D eigenvalue weighted by Gasteiger charge is -2.40. The molecule has 0 bridgehead atoms. The van der Waals surface area contributed by atoms with Gasteiger partial charge in [-0.2, -0.15) is 5.26 Å². The van der Waals surface area contributed by atoms with Gasteiger partial charge in [0.15, 0.2) is 11.5 Å². The lowest BCUT2D eigenvalue weighted by molar-refractivity contribution is -0.385. The maximum Gasteiger partial charge on any atom is 0.323 e. The smallest absolute Gasteiger partial charge is 0.323 e. The van der Waals surface area contributed by atoms with E-state index in [-0.39, 0.29) is 34.9 Å². The predicted octanol–water partition coefficient (Wildman–Crippen LogP) is 5.19. The van der Waals surface area contributed by atoms with Gasteiger partial charge in [0.05, 0.1) is 50.0 Å². The van der Waals surface area contributed by atoms with Crippen LogP contribution in [0.1, 0.15) is 28.4 Å². The minimum absolute atomic E-state index is 0.0239. The lowest BCUT2D eigenvalue weighted by atomic mass is 9.87. The van der Waals surface area contributed by atoms with Crippen molar-refractivity contribution < 1.29 is 23.9 Å². The molecule has 4 aromatic rings. The van der Waals surface area contributed by atoms with Crippen molar-refractivity contribution in [2.75, 3.05) is 27.9 Å². The number of para-hydroxylation sites is 1. The Bertz CT molecular complexity index is 1690. The van der Waals surface area contributed by atoms with Crippen LogP contribution in [0.2, 0.25) is 0 Å². The molecule has 2 atom stereocenters. The summed E-state index contributed by atoms with van der Waals surface area (Å²) in [5.41, 5.74) is 3.96. The minimum atomic E-state index is -0.714. The quantitative estimate of drug-likeness (QED) is 0.137. The average Bonchev–Trinajstić information content (AvgIpc) is 3.37. The number of nitriles is 1. The Kier molecular flexibility index (Phi) is 7.72. The Morgan fingerprint density at radius 1 is 1.10 bits per heavy atom. The Morgan fingerprint density at radius 2 is 1.78 bits per heavy atom. The Hall–Kier alpha value is -5.14. The Labute approximate surface area is 236 Å². The van der Waals surface area contributed by atoms with Gasteiger partial charge in [-0.05, 0) is 29.3 Å². The summed E-state index contributed by atoms with van der Waals surface area (Å²) in [5.74, 6) is 0.0558. The number of hydrogen-bond acceptors (Lipinski definition) is 8. The standard InChI is InChI=1S/C31H28N4O6/c1-39-27-14-21(25(35(37)38)16-28(27)40-2)13-19(17-32)18-34-26(31(36)41-3)15-23-22-11-7-8-12-24(22)33-29(23)30(34)20-9-5-4-6-10-20/h4-14,16,26,30,33H,15,18H2,1-3H3/b19-13+/t26-,30+/m0/s1.